The molecule has 0 aliphatic heterocycles. The number of hydrogen-bond acceptors (Lipinski definition) is 4. The lowest BCUT2D eigenvalue weighted by molar-refractivity contribution is -0.385. The third kappa shape index (κ3) is 4.42. The van der Waals surface area contributed by atoms with E-state index < -0.39 is 4.92 Å². The standard InChI is InChI=1S/C19H23N3O3/c1-13-8-10-15(11-9-13)18(21(3)4)12-20-19(23)16-6-5-7-17(14(16)2)22(24)25/h5-11,18H,12H2,1-4H3,(H,20,23)/t18-/m1/s1. The van der Waals surface area contributed by atoms with Crippen molar-refractivity contribution in [3.8, 4) is 0 Å². The van der Waals surface area contributed by atoms with Crippen molar-refractivity contribution in [3.63, 3.8) is 0 Å². The van der Waals surface area contributed by atoms with Gasteiger partial charge >= 0.3 is 0 Å². The molecular formula is C19H23N3O3. The van der Waals surface area contributed by atoms with Gasteiger partial charge in [0.15, 0.2) is 0 Å². The quantitative estimate of drug-likeness (QED) is 0.646. The predicted molar refractivity (Wildman–Crippen MR) is 97.8 cm³/mol. The highest BCUT2D eigenvalue weighted by Gasteiger charge is 2.20. The number of likely N-dealkylation sites (N-methyl/N-ethyl adjacent to an activating group) is 1. The Morgan fingerprint density at radius 1 is 1.16 bits per heavy atom. The number of nitro benzene ring substituents is 1. The van der Waals surface area contributed by atoms with Gasteiger partial charge in [-0.3, -0.25) is 14.9 Å². The van der Waals surface area contributed by atoms with Gasteiger partial charge in [0.05, 0.1) is 11.0 Å². The summed E-state index contributed by atoms with van der Waals surface area (Å²) >= 11 is 0. The van der Waals surface area contributed by atoms with Gasteiger partial charge < -0.3 is 10.2 Å². The Bertz CT molecular complexity index is 770. The summed E-state index contributed by atoms with van der Waals surface area (Å²) in [5.74, 6) is -0.305. The second-order valence-corrected chi connectivity index (χ2v) is 6.31. The minimum atomic E-state index is -0.471. The first-order valence-corrected chi connectivity index (χ1v) is 8.06. The molecule has 0 heterocycles. The number of carbonyl (C=O) groups excluding carboxylic acids is 1. The summed E-state index contributed by atoms with van der Waals surface area (Å²) in [5, 5.41) is 13.9. The molecule has 1 N–H and O–H groups in total. The summed E-state index contributed by atoms with van der Waals surface area (Å²) < 4.78 is 0. The lowest BCUT2D eigenvalue weighted by atomic mass is 10.0. The molecule has 0 radical (unpaired) electrons. The van der Waals surface area contributed by atoms with Gasteiger partial charge in [-0.05, 0) is 39.6 Å². The van der Waals surface area contributed by atoms with Crippen molar-refractivity contribution in [3.05, 3.63) is 74.8 Å². The molecule has 6 nitrogen and oxygen atoms in total. The second kappa shape index (κ2) is 7.90. The van der Waals surface area contributed by atoms with Crippen molar-refractivity contribution in [1.82, 2.24) is 10.2 Å². The van der Waals surface area contributed by atoms with E-state index in [9.17, 15) is 14.9 Å². The van der Waals surface area contributed by atoms with E-state index in [-0.39, 0.29) is 17.6 Å². The lowest BCUT2D eigenvalue weighted by Crippen LogP contribution is -2.34. The van der Waals surface area contributed by atoms with Crippen LogP contribution in [0, 0.1) is 24.0 Å². The number of benzene rings is 2. The van der Waals surface area contributed by atoms with Crippen LogP contribution >= 0.6 is 0 Å². The van der Waals surface area contributed by atoms with E-state index in [2.05, 4.69) is 5.32 Å². The Morgan fingerprint density at radius 3 is 2.36 bits per heavy atom. The minimum absolute atomic E-state index is 0.0172. The Balaban J connectivity index is 2.16. The van der Waals surface area contributed by atoms with E-state index in [0.29, 0.717) is 17.7 Å². The molecule has 25 heavy (non-hydrogen) atoms. The number of rotatable bonds is 6. The van der Waals surface area contributed by atoms with Crippen molar-refractivity contribution in [2.75, 3.05) is 20.6 Å². The van der Waals surface area contributed by atoms with Crippen LogP contribution in [0.1, 0.15) is 33.1 Å². The maximum Gasteiger partial charge on any atom is 0.273 e. The van der Waals surface area contributed by atoms with E-state index in [1.54, 1.807) is 13.0 Å². The van der Waals surface area contributed by atoms with Crippen LogP contribution in [0.5, 0.6) is 0 Å². The molecule has 0 fully saturated rings. The van der Waals surface area contributed by atoms with Gasteiger partial charge in [0.2, 0.25) is 0 Å². The van der Waals surface area contributed by atoms with Crippen molar-refractivity contribution < 1.29 is 9.72 Å². The maximum atomic E-state index is 12.5. The molecule has 0 aliphatic carbocycles. The number of nitrogens with zero attached hydrogens (tertiary/aromatic N) is 2. The van der Waals surface area contributed by atoms with Crippen molar-refractivity contribution in [2.24, 2.45) is 0 Å². The summed E-state index contributed by atoms with van der Waals surface area (Å²) in [6.45, 7) is 4.04. The molecule has 0 aliphatic rings. The molecule has 132 valence electrons. The average Bonchev–Trinajstić information content (AvgIpc) is 2.56. The zero-order valence-electron chi connectivity index (χ0n) is 14.9. The van der Waals surface area contributed by atoms with Crippen molar-refractivity contribution >= 4 is 11.6 Å². The van der Waals surface area contributed by atoms with E-state index in [1.807, 2.05) is 50.2 Å². The van der Waals surface area contributed by atoms with Crippen LogP contribution in [0.4, 0.5) is 5.69 Å². The molecule has 2 rings (SSSR count). The molecular weight excluding hydrogens is 318 g/mol. The first kappa shape index (κ1) is 18.6. The van der Waals surface area contributed by atoms with Crippen LogP contribution in [0.25, 0.3) is 0 Å². The van der Waals surface area contributed by atoms with Crippen molar-refractivity contribution in [2.45, 2.75) is 19.9 Å². The monoisotopic (exact) mass is 341 g/mol. The Hall–Kier alpha value is -2.73. The molecule has 2 aromatic rings. The summed E-state index contributed by atoms with van der Waals surface area (Å²) in [6.07, 6.45) is 0. The van der Waals surface area contributed by atoms with Crippen LogP contribution in [0.3, 0.4) is 0 Å². The molecule has 0 unspecified atom stereocenters. The van der Waals surface area contributed by atoms with Crippen LogP contribution in [0.2, 0.25) is 0 Å². The van der Waals surface area contributed by atoms with E-state index in [1.165, 1.54) is 17.7 Å². The van der Waals surface area contributed by atoms with Crippen LogP contribution in [0.15, 0.2) is 42.5 Å². The van der Waals surface area contributed by atoms with Gasteiger partial charge in [-0.25, -0.2) is 0 Å². The van der Waals surface area contributed by atoms with Gasteiger partial charge in [0.25, 0.3) is 11.6 Å². The van der Waals surface area contributed by atoms with E-state index in [0.717, 1.165) is 5.56 Å². The maximum absolute atomic E-state index is 12.5. The predicted octanol–water partition coefficient (Wildman–Crippen LogP) is 3.24. The zero-order valence-corrected chi connectivity index (χ0v) is 14.9. The number of aryl methyl sites for hydroxylation is 1. The molecule has 2 aromatic carbocycles. The molecule has 0 bridgehead atoms. The molecule has 0 spiro atoms. The van der Waals surface area contributed by atoms with Crippen LogP contribution in [-0.2, 0) is 0 Å². The highest BCUT2D eigenvalue weighted by molar-refractivity contribution is 5.96. The fraction of sp³-hybridized carbons (Fsp3) is 0.316. The normalized spacial score (nSPS) is 12.0. The molecule has 6 heteroatoms. The molecule has 0 aromatic heterocycles. The number of nitrogens with one attached hydrogen (secondary N) is 1. The number of hydrogen-bond donors (Lipinski definition) is 1. The van der Waals surface area contributed by atoms with Crippen molar-refractivity contribution in [1.29, 1.82) is 0 Å². The summed E-state index contributed by atoms with van der Waals surface area (Å²) in [6, 6.07) is 12.7. The van der Waals surface area contributed by atoms with Gasteiger partial charge in [-0.2, -0.15) is 0 Å². The van der Waals surface area contributed by atoms with Crippen LogP contribution < -0.4 is 5.32 Å². The SMILES string of the molecule is Cc1ccc([C@@H](CNC(=O)c2cccc([N+](=O)[O-])c2C)N(C)C)cc1. The van der Waals surface area contributed by atoms with Crippen LogP contribution in [-0.4, -0.2) is 36.4 Å². The Labute approximate surface area is 147 Å². The highest BCUT2D eigenvalue weighted by Crippen LogP contribution is 2.22. The number of amides is 1. The third-order valence-electron chi connectivity index (χ3n) is 4.29. The number of nitro groups is 1. The molecule has 0 saturated carbocycles. The average molecular weight is 341 g/mol. The molecule has 1 amide bonds. The fourth-order valence-corrected chi connectivity index (χ4v) is 2.74. The second-order valence-electron chi connectivity index (χ2n) is 6.31. The van der Waals surface area contributed by atoms with E-state index in [4.69, 9.17) is 0 Å². The van der Waals surface area contributed by atoms with Gasteiger partial charge in [0, 0.05) is 23.7 Å². The summed E-state index contributed by atoms with van der Waals surface area (Å²) in [7, 11) is 3.91. The smallest absolute Gasteiger partial charge is 0.273 e. The zero-order chi connectivity index (χ0) is 18.6. The molecule has 0 saturated heterocycles. The first-order valence-electron chi connectivity index (χ1n) is 8.06. The summed E-state index contributed by atoms with van der Waals surface area (Å²) in [4.78, 5) is 25.1. The van der Waals surface area contributed by atoms with E-state index >= 15 is 0 Å². The Kier molecular flexibility index (Phi) is 5.88. The summed E-state index contributed by atoms with van der Waals surface area (Å²) in [5.41, 5.74) is 2.94. The minimum Gasteiger partial charge on any atom is -0.350 e. The third-order valence-corrected chi connectivity index (χ3v) is 4.29. The highest BCUT2D eigenvalue weighted by atomic mass is 16.6. The largest absolute Gasteiger partial charge is 0.350 e. The molecule has 1 atom stereocenters. The Morgan fingerprint density at radius 2 is 1.80 bits per heavy atom. The lowest BCUT2D eigenvalue weighted by Gasteiger charge is -2.25. The first-order chi connectivity index (χ1) is 11.8. The van der Waals surface area contributed by atoms with Gasteiger partial charge in [-0.15, -0.1) is 0 Å². The number of carbonyl (C=O) groups is 1. The topological polar surface area (TPSA) is 75.5 Å². The van der Waals surface area contributed by atoms with Gasteiger partial charge in [0.1, 0.15) is 0 Å². The fourth-order valence-electron chi connectivity index (χ4n) is 2.74. The van der Waals surface area contributed by atoms with Gasteiger partial charge in [-0.1, -0.05) is 35.9 Å².